The Kier molecular flexibility index (Phi) is 7.70. The van der Waals surface area contributed by atoms with Crippen LogP contribution in [0.3, 0.4) is 0 Å². The number of carbonyl (C=O) groups excluding carboxylic acids is 3. The van der Waals surface area contributed by atoms with Crippen LogP contribution in [0.1, 0.15) is 29.8 Å². The van der Waals surface area contributed by atoms with Crippen molar-refractivity contribution in [2.45, 2.75) is 13.8 Å². The Morgan fingerprint density at radius 2 is 1.52 bits per heavy atom. The zero-order valence-electron chi connectivity index (χ0n) is 22.1. The number of carbonyl (C=O) groups is 3. The van der Waals surface area contributed by atoms with Crippen molar-refractivity contribution < 1.29 is 19.1 Å². The van der Waals surface area contributed by atoms with Crippen LogP contribution in [0, 0.1) is 0 Å². The summed E-state index contributed by atoms with van der Waals surface area (Å²) in [7, 11) is 0. The van der Waals surface area contributed by atoms with Gasteiger partial charge in [-0.25, -0.2) is 4.79 Å². The molecule has 4 aromatic rings. The molecular formula is C32H27N3O4S. The fourth-order valence-corrected chi connectivity index (χ4v) is 5.02. The number of amides is 2. The van der Waals surface area contributed by atoms with E-state index >= 15 is 0 Å². The Hall–Kier alpha value is -4.82. The summed E-state index contributed by atoms with van der Waals surface area (Å²) in [5, 5.41) is 2.73. The molecule has 1 saturated heterocycles. The van der Waals surface area contributed by atoms with Crippen LogP contribution in [0.15, 0.2) is 96.6 Å². The maximum absolute atomic E-state index is 13.3. The van der Waals surface area contributed by atoms with Crippen molar-refractivity contribution in [2.24, 2.45) is 0 Å². The smallest absolute Gasteiger partial charge is 0.338 e. The van der Waals surface area contributed by atoms with E-state index in [4.69, 9.17) is 17.0 Å². The molecule has 2 amide bonds. The summed E-state index contributed by atoms with van der Waals surface area (Å²) in [4.78, 5) is 39.9. The van der Waals surface area contributed by atoms with E-state index in [1.54, 1.807) is 32.1 Å². The molecule has 2 heterocycles. The van der Waals surface area contributed by atoms with Crippen molar-refractivity contribution in [3.63, 3.8) is 0 Å². The number of aromatic nitrogens is 1. The maximum atomic E-state index is 13.3. The number of thiocarbonyl (C=S) groups is 1. The third-order valence-electron chi connectivity index (χ3n) is 6.59. The van der Waals surface area contributed by atoms with Crippen molar-refractivity contribution in [2.75, 3.05) is 13.2 Å². The summed E-state index contributed by atoms with van der Waals surface area (Å²) < 4.78 is 7.23. The number of nitrogens with zero attached hydrogens (tertiary/aromatic N) is 2. The normalized spacial score (nSPS) is 14.4. The van der Waals surface area contributed by atoms with E-state index in [-0.39, 0.29) is 10.7 Å². The predicted molar refractivity (Wildman–Crippen MR) is 159 cm³/mol. The fourth-order valence-electron chi connectivity index (χ4n) is 4.72. The van der Waals surface area contributed by atoms with E-state index in [9.17, 15) is 14.4 Å². The van der Waals surface area contributed by atoms with Gasteiger partial charge < -0.3 is 9.30 Å². The highest BCUT2D eigenvalue weighted by Gasteiger charge is 2.33. The SMILES string of the molecule is CCOC(=O)c1ccc(-n2c(-c3ccccc3)cc(/C=C3/C(=O)NC(=S)N(CC)C3=O)c2-c2ccccc2)cc1. The van der Waals surface area contributed by atoms with E-state index in [0.29, 0.717) is 24.3 Å². The van der Waals surface area contributed by atoms with E-state index in [0.717, 1.165) is 28.2 Å². The summed E-state index contributed by atoms with van der Waals surface area (Å²) in [5.41, 5.74) is 5.39. The molecule has 1 aliphatic rings. The Bertz CT molecular complexity index is 1620. The Balaban J connectivity index is 1.77. The number of esters is 1. The van der Waals surface area contributed by atoms with Gasteiger partial charge in [0.25, 0.3) is 11.8 Å². The van der Waals surface area contributed by atoms with Crippen LogP contribution in [0.4, 0.5) is 0 Å². The van der Waals surface area contributed by atoms with Gasteiger partial charge in [-0.3, -0.25) is 19.8 Å². The summed E-state index contributed by atoms with van der Waals surface area (Å²) in [5.74, 6) is -1.37. The Labute approximate surface area is 237 Å². The van der Waals surface area contributed by atoms with Crippen molar-refractivity contribution in [1.82, 2.24) is 14.8 Å². The molecule has 1 fully saturated rings. The molecule has 0 saturated carbocycles. The van der Waals surface area contributed by atoms with Gasteiger partial charge in [-0.05, 0) is 73.6 Å². The zero-order valence-corrected chi connectivity index (χ0v) is 22.9. The molecule has 1 aliphatic heterocycles. The first kappa shape index (κ1) is 26.8. The number of rotatable bonds is 7. The largest absolute Gasteiger partial charge is 0.462 e. The van der Waals surface area contributed by atoms with Gasteiger partial charge in [0.15, 0.2) is 5.11 Å². The molecule has 7 nitrogen and oxygen atoms in total. The van der Waals surface area contributed by atoms with Gasteiger partial charge in [0, 0.05) is 17.8 Å². The van der Waals surface area contributed by atoms with Gasteiger partial charge in [0.1, 0.15) is 5.57 Å². The number of hydrogen-bond acceptors (Lipinski definition) is 5. The molecule has 8 heteroatoms. The molecule has 0 atom stereocenters. The standard InChI is InChI=1S/C32H27N3O4S/c1-3-34-30(37)26(29(36)33-32(34)40)19-24-20-27(21-11-7-5-8-12-21)35(28(24)22-13-9-6-10-14-22)25-17-15-23(16-18-25)31(38)39-4-2/h5-20H,3-4H2,1-2H3,(H,33,36,40)/b26-19-. The topological polar surface area (TPSA) is 80.6 Å². The first-order valence-electron chi connectivity index (χ1n) is 13.0. The summed E-state index contributed by atoms with van der Waals surface area (Å²) in [6, 6.07) is 28.8. The maximum Gasteiger partial charge on any atom is 0.338 e. The molecular weight excluding hydrogens is 522 g/mol. The number of hydrogen-bond donors (Lipinski definition) is 1. The first-order valence-corrected chi connectivity index (χ1v) is 13.4. The quantitative estimate of drug-likeness (QED) is 0.140. The highest BCUT2D eigenvalue weighted by molar-refractivity contribution is 7.80. The van der Waals surface area contributed by atoms with Crippen LogP contribution >= 0.6 is 12.2 Å². The van der Waals surface area contributed by atoms with Crippen molar-refractivity contribution >= 4 is 41.2 Å². The monoisotopic (exact) mass is 549 g/mol. The average Bonchev–Trinajstić information content (AvgIpc) is 3.35. The van der Waals surface area contributed by atoms with E-state index in [1.807, 2.05) is 78.9 Å². The van der Waals surface area contributed by atoms with Crippen LogP contribution in [0.25, 0.3) is 34.3 Å². The minimum absolute atomic E-state index is 0.00190. The third kappa shape index (κ3) is 5.09. The second-order valence-corrected chi connectivity index (χ2v) is 9.42. The number of nitrogens with one attached hydrogen (secondary N) is 1. The van der Waals surface area contributed by atoms with Gasteiger partial charge in [0.05, 0.1) is 23.6 Å². The molecule has 0 spiro atoms. The third-order valence-corrected chi connectivity index (χ3v) is 6.91. The molecule has 0 unspecified atom stereocenters. The number of ether oxygens (including phenoxy) is 1. The number of likely N-dealkylation sites (N-methyl/N-ethyl adjacent to an activating group) is 1. The minimum Gasteiger partial charge on any atom is -0.462 e. The lowest BCUT2D eigenvalue weighted by Crippen LogP contribution is -2.53. The highest BCUT2D eigenvalue weighted by atomic mass is 32.1. The summed E-state index contributed by atoms with van der Waals surface area (Å²) >= 11 is 5.21. The lowest BCUT2D eigenvalue weighted by Gasteiger charge is -2.27. The lowest BCUT2D eigenvalue weighted by molar-refractivity contribution is -0.128. The average molecular weight is 550 g/mol. The van der Waals surface area contributed by atoms with Gasteiger partial charge in [0.2, 0.25) is 0 Å². The molecule has 200 valence electrons. The highest BCUT2D eigenvalue weighted by Crippen LogP contribution is 2.37. The van der Waals surface area contributed by atoms with Crippen LogP contribution in [0.2, 0.25) is 0 Å². The van der Waals surface area contributed by atoms with Gasteiger partial charge in [-0.2, -0.15) is 0 Å². The molecule has 5 rings (SSSR count). The van der Waals surface area contributed by atoms with Gasteiger partial charge in [-0.1, -0.05) is 60.7 Å². The second kappa shape index (κ2) is 11.5. The Morgan fingerprint density at radius 3 is 2.12 bits per heavy atom. The minimum atomic E-state index is -0.536. The lowest BCUT2D eigenvalue weighted by atomic mass is 10.0. The summed E-state index contributed by atoms with van der Waals surface area (Å²) in [6.45, 7) is 4.20. The van der Waals surface area contributed by atoms with Crippen molar-refractivity contribution in [3.8, 4) is 28.2 Å². The van der Waals surface area contributed by atoms with Crippen LogP contribution < -0.4 is 5.32 Å². The predicted octanol–water partition coefficient (Wildman–Crippen LogP) is 5.63. The molecule has 0 radical (unpaired) electrons. The fraction of sp³-hybridized carbons (Fsp3) is 0.125. The molecule has 40 heavy (non-hydrogen) atoms. The molecule has 0 bridgehead atoms. The first-order chi connectivity index (χ1) is 19.4. The van der Waals surface area contributed by atoms with E-state index in [1.165, 1.54) is 4.90 Å². The van der Waals surface area contributed by atoms with E-state index in [2.05, 4.69) is 9.88 Å². The van der Waals surface area contributed by atoms with Crippen LogP contribution in [-0.2, 0) is 14.3 Å². The van der Waals surface area contributed by atoms with E-state index < -0.39 is 17.8 Å². The second-order valence-electron chi connectivity index (χ2n) is 9.04. The van der Waals surface area contributed by atoms with Crippen molar-refractivity contribution in [3.05, 3.63) is 108 Å². The van der Waals surface area contributed by atoms with Crippen LogP contribution in [-0.4, -0.2) is 45.5 Å². The molecule has 3 aromatic carbocycles. The van der Waals surface area contributed by atoms with Gasteiger partial charge >= 0.3 is 5.97 Å². The zero-order chi connectivity index (χ0) is 28.2. The van der Waals surface area contributed by atoms with Crippen LogP contribution in [0.5, 0.6) is 0 Å². The molecule has 0 aliphatic carbocycles. The van der Waals surface area contributed by atoms with Crippen molar-refractivity contribution in [1.29, 1.82) is 0 Å². The summed E-state index contributed by atoms with van der Waals surface area (Å²) in [6.07, 6.45) is 1.63. The molecule has 1 N–H and O–H groups in total. The number of benzene rings is 3. The van der Waals surface area contributed by atoms with Gasteiger partial charge in [-0.15, -0.1) is 0 Å². The Morgan fingerprint density at radius 1 is 0.900 bits per heavy atom. The molecule has 1 aromatic heterocycles.